The summed E-state index contributed by atoms with van der Waals surface area (Å²) >= 11 is 0. The third-order valence-corrected chi connectivity index (χ3v) is 4.02. The van der Waals surface area contributed by atoms with Crippen molar-refractivity contribution in [1.82, 2.24) is 15.1 Å². The summed E-state index contributed by atoms with van der Waals surface area (Å²) in [5.41, 5.74) is 0.651. The molecule has 1 aromatic carbocycles. The maximum Gasteiger partial charge on any atom is 0.331 e. The van der Waals surface area contributed by atoms with Gasteiger partial charge in [0.25, 0.3) is 5.91 Å². The number of hydrogen-bond acceptors (Lipinski definition) is 4. The smallest absolute Gasteiger partial charge is 0.331 e. The number of aryl methyl sites for hydroxylation is 1. The van der Waals surface area contributed by atoms with E-state index in [1.807, 2.05) is 6.07 Å². The average Bonchev–Trinajstić information content (AvgIpc) is 3.08. The molecule has 0 radical (unpaired) electrons. The van der Waals surface area contributed by atoms with Crippen LogP contribution in [0.4, 0.5) is 5.69 Å². The minimum absolute atomic E-state index is 0.176. The summed E-state index contributed by atoms with van der Waals surface area (Å²) in [6.45, 7) is 3.04. The molecule has 0 fully saturated rings. The molecule has 0 bridgehead atoms. The number of aliphatic carboxylic acids is 1. The van der Waals surface area contributed by atoms with Gasteiger partial charge in [0.05, 0.1) is 11.9 Å². The van der Waals surface area contributed by atoms with Crippen molar-refractivity contribution in [3.8, 4) is 0 Å². The summed E-state index contributed by atoms with van der Waals surface area (Å²) in [5, 5.41) is 18.5. The molecule has 1 heterocycles. The first kappa shape index (κ1) is 19.2. The van der Waals surface area contributed by atoms with E-state index >= 15 is 0 Å². The number of carbonyl (C=O) groups excluding carboxylic acids is 2. The van der Waals surface area contributed by atoms with Crippen molar-refractivity contribution >= 4 is 23.5 Å². The number of nitrogens with one attached hydrogen (secondary N) is 2. The van der Waals surface area contributed by atoms with E-state index in [1.165, 1.54) is 30.9 Å². The Morgan fingerprint density at radius 2 is 2.00 bits per heavy atom. The first-order chi connectivity index (χ1) is 12.2. The number of aromatic nitrogens is 2. The standard InChI is InChI=1S/C18H22N4O4/c1-18(2,17(25)26)22-11-14(10-20-22)21-15(23)8-7-12-5-4-6-13(9-12)16(24)19-3/h4-6,9-11H,7-8H2,1-3H3,(H,19,24)(H,21,23)(H,25,26). The summed E-state index contributed by atoms with van der Waals surface area (Å²) in [6, 6.07) is 7.09. The fourth-order valence-corrected chi connectivity index (χ4v) is 2.28. The summed E-state index contributed by atoms with van der Waals surface area (Å²) in [7, 11) is 1.56. The van der Waals surface area contributed by atoms with Crippen LogP contribution in [0.25, 0.3) is 0 Å². The molecule has 2 aromatic rings. The van der Waals surface area contributed by atoms with Crippen LogP contribution in [-0.2, 0) is 21.5 Å². The molecule has 8 nitrogen and oxygen atoms in total. The molecule has 3 N–H and O–H groups in total. The number of carbonyl (C=O) groups is 3. The number of carboxylic acid groups (broad SMARTS) is 1. The SMILES string of the molecule is CNC(=O)c1cccc(CCC(=O)Nc2cnn(C(C)(C)C(=O)O)c2)c1. The Balaban J connectivity index is 1.95. The monoisotopic (exact) mass is 358 g/mol. The summed E-state index contributed by atoms with van der Waals surface area (Å²) in [5.74, 6) is -1.41. The predicted molar refractivity (Wildman–Crippen MR) is 96.0 cm³/mol. The fourth-order valence-electron chi connectivity index (χ4n) is 2.28. The molecule has 2 amide bonds. The molecule has 0 aliphatic rings. The summed E-state index contributed by atoms with van der Waals surface area (Å²) < 4.78 is 1.29. The minimum atomic E-state index is -1.21. The summed E-state index contributed by atoms with van der Waals surface area (Å²) in [6.07, 6.45) is 3.60. The van der Waals surface area contributed by atoms with Gasteiger partial charge in [-0.1, -0.05) is 12.1 Å². The topological polar surface area (TPSA) is 113 Å². The second-order valence-electron chi connectivity index (χ2n) is 6.37. The Hall–Kier alpha value is -3.16. The number of rotatable bonds is 7. The third kappa shape index (κ3) is 4.47. The lowest BCUT2D eigenvalue weighted by Gasteiger charge is -2.19. The molecular formula is C18H22N4O4. The number of amides is 2. The van der Waals surface area contributed by atoms with Gasteiger partial charge in [-0.25, -0.2) is 4.79 Å². The second kappa shape index (κ2) is 7.81. The van der Waals surface area contributed by atoms with Gasteiger partial charge in [-0.15, -0.1) is 0 Å². The van der Waals surface area contributed by atoms with E-state index in [4.69, 9.17) is 0 Å². The highest BCUT2D eigenvalue weighted by Crippen LogP contribution is 2.17. The summed E-state index contributed by atoms with van der Waals surface area (Å²) in [4.78, 5) is 35.0. The molecule has 0 aliphatic carbocycles. The predicted octanol–water partition coefficient (Wildman–Crippen LogP) is 1.63. The highest BCUT2D eigenvalue weighted by Gasteiger charge is 2.30. The average molecular weight is 358 g/mol. The minimum Gasteiger partial charge on any atom is -0.479 e. The number of nitrogens with zero attached hydrogens (tertiary/aromatic N) is 2. The van der Waals surface area contributed by atoms with E-state index < -0.39 is 11.5 Å². The lowest BCUT2D eigenvalue weighted by Crippen LogP contribution is -2.35. The molecule has 0 unspecified atom stereocenters. The van der Waals surface area contributed by atoms with Crippen molar-refractivity contribution in [2.24, 2.45) is 0 Å². The van der Waals surface area contributed by atoms with Crippen molar-refractivity contribution in [3.05, 3.63) is 47.8 Å². The van der Waals surface area contributed by atoms with Crippen LogP contribution in [0.15, 0.2) is 36.7 Å². The van der Waals surface area contributed by atoms with E-state index in [0.29, 0.717) is 17.7 Å². The van der Waals surface area contributed by atoms with Gasteiger partial charge in [0.1, 0.15) is 0 Å². The number of anilines is 1. The largest absolute Gasteiger partial charge is 0.479 e. The van der Waals surface area contributed by atoms with E-state index in [2.05, 4.69) is 15.7 Å². The Kier molecular flexibility index (Phi) is 5.76. The first-order valence-electron chi connectivity index (χ1n) is 8.13. The van der Waals surface area contributed by atoms with Crippen LogP contribution < -0.4 is 10.6 Å². The number of benzene rings is 1. The Bertz CT molecular complexity index is 826. The van der Waals surface area contributed by atoms with Gasteiger partial charge in [-0.2, -0.15) is 5.10 Å². The normalized spacial score (nSPS) is 11.0. The molecule has 0 aliphatic heterocycles. The van der Waals surface area contributed by atoms with Crippen LogP contribution in [-0.4, -0.2) is 39.7 Å². The van der Waals surface area contributed by atoms with Gasteiger partial charge in [-0.3, -0.25) is 14.3 Å². The van der Waals surface area contributed by atoms with Crippen LogP contribution >= 0.6 is 0 Å². The molecule has 1 aromatic heterocycles. The number of hydrogen-bond donors (Lipinski definition) is 3. The van der Waals surface area contributed by atoms with Crippen molar-refractivity contribution in [2.45, 2.75) is 32.2 Å². The highest BCUT2D eigenvalue weighted by molar-refractivity contribution is 5.94. The lowest BCUT2D eigenvalue weighted by atomic mass is 10.1. The van der Waals surface area contributed by atoms with Gasteiger partial charge in [0, 0.05) is 25.2 Å². The molecule has 0 atom stereocenters. The van der Waals surface area contributed by atoms with E-state index in [0.717, 1.165) is 5.56 Å². The van der Waals surface area contributed by atoms with Crippen molar-refractivity contribution in [1.29, 1.82) is 0 Å². The van der Waals surface area contributed by atoms with Crippen molar-refractivity contribution < 1.29 is 19.5 Å². The maximum atomic E-state index is 12.1. The van der Waals surface area contributed by atoms with Crippen LogP contribution in [0.3, 0.4) is 0 Å². The van der Waals surface area contributed by atoms with E-state index in [1.54, 1.807) is 25.2 Å². The van der Waals surface area contributed by atoms with Crippen LogP contribution in [0, 0.1) is 0 Å². The fraction of sp³-hybridized carbons (Fsp3) is 0.333. The zero-order chi connectivity index (χ0) is 19.3. The lowest BCUT2D eigenvalue weighted by molar-refractivity contribution is -0.146. The zero-order valence-corrected chi connectivity index (χ0v) is 14.9. The number of carboxylic acids is 1. The Labute approximate surface area is 151 Å². The maximum absolute atomic E-state index is 12.1. The first-order valence-corrected chi connectivity index (χ1v) is 8.13. The van der Waals surface area contributed by atoms with E-state index in [-0.39, 0.29) is 18.2 Å². The van der Waals surface area contributed by atoms with Gasteiger partial charge < -0.3 is 15.7 Å². The molecular weight excluding hydrogens is 336 g/mol. The van der Waals surface area contributed by atoms with Gasteiger partial charge >= 0.3 is 5.97 Å². The molecule has 26 heavy (non-hydrogen) atoms. The second-order valence-corrected chi connectivity index (χ2v) is 6.37. The third-order valence-electron chi connectivity index (χ3n) is 4.02. The quantitative estimate of drug-likeness (QED) is 0.696. The molecule has 138 valence electrons. The van der Waals surface area contributed by atoms with E-state index in [9.17, 15) is 19.5 Å². The van der Waals surface area contributed by atoms with Crippen molar-refractivity contribution in [3.63, 3.8) is 0 Å². The van der Waals surface area contributed by atoms with Crippen LogP contribution in [0.2, 0.25) is 0 Å². The van der Waals surface area contributed by atoms with Gasteiger partial charge in [0.2, 0.25) is 5.91 Å². The molecule has 0 spiro atoms. The van der Waals surface area contributed by atoms with Crippen molar-refractivity contribution in [2.75, 3.05) is 12.4 Å². The highest BCUT2D eigenvalue weighted by atomic mass is 16.4. The molecule has 0 saturated carbocycles. The Morgan fingerprint density at radius 1 is 1.27 bits per heavy atom. The Morgan fingerprint density at radius 3 is 2.65 bits per heavy atom. The van der Waals surface area contributed by atoms with Crippen LogP contribution in [0.1, 0.15) is 36.2 Å². The zero-order valence-electron chi connectivity index (χ0n) is 14.9. The van der Waals surface area contributed by atoms with Gasteiger partial charge in [-0.05, 0) is 38.0 Å². The van der Waals surface area contributed by atoms with Crippen LogP contribution in [0.5, 0.6) is 0 Å². The molecule has 2 rings (SSSR count). The molecule has 0 saturated heterocycles. The molecule has 8 heteroatoms. The van der Waals surface area contributed by atoms with Gasteiger partial charge in [0.15, 0.2) is 5.54 Å².